The van der Waals surface area contributed by atoms with Crippen molar-refractivity contribution in [1.82, 2.24) is 9.88 Å². The first-order valence-electron chi connectivity index (χ1n) is 5.27. The Morgan fingerprint density at radius 3 is 2.88 bits per heavy atom. The van der Waals surface area contributed by atoms with Crippen molar-refractivity contribution in [2.24, 2.45) is 0 Å². The molecule has 1 aromatic rings. The summed E-state index contributed by atoms with van der Waals surface area (Å²) in [6.45, 7) is 3.71. The van der Waals surface area contributed by atoms with E-state index in [-0.39, 0.29) is 5.97 Å². The van der Waals surface area contributed by atoms with E-state index in [9.17, 15) is 4.79 Å². The van der Waals surface area contributed by atoms with Crippen LogP contribution in [0.5, 0.6) is 0 Å². The number of likely N-dealkylation sites (N-methyl/N-ethyl adjacent to an activating group) is 1. The van der Waals surface area contributed by atoms with E-state index in [1.54, 1.807) is 11.3 Å². The van der Waals surface area contributed by atoms with Crippen LogP contribution in [-0.4, -0.2) is 43.1 Å². The zero-order valence-corrected chi connectivity index (χ0v) is 10.8. The Morgan fingerprint density at radius 1 is 1.56 bits per heavy atom. The average molecular weight is 242 g/mol. The average Bonchev–Trinajstić information content (AvgIpc) is 2.69. The molecular formula is C11H18N2O2S. The van der Waals surface area contributed by atoms with E-state index >= 15 is 0 Å². The zero-order valence-electron chi connectivity index (χ0n) is 10.0. The Balaban J connectivity index is 2.22. The van der Waals surface area contributed by atoms with Crippen molar-refractivity contribution in [3.8, 4) is 0 Å². The number of nitrogens with zero attached hydrogens (tertiary/aromatic N) is 2. The van der Waals surface area contributed by atoms with Crippen molar-refractivity contribution < 1.29 is 9.53 Å². The highest BCUT2D eigenvalue weighted by Gasteiger charge is 2.06. The van der Waals surface area contributed by atoms with Gasteiger partial charge in [0.2, 0.25) is 0 Å². The second-order valence-electron chi connectivity index (χ2n) is 3.74. The maximum atomic E-state index is 10.9. The summed E-state index contributed by atoms with van der Waals surface area (Å²) >= 11 is 1.69. The van der Waals surface area contributed by atoms with Crippen LogP contribution in [0, 0.1) is 6.92 Å². The van der Waals surface area contributed by atoms with Gasteiger partial charge >= 0.3 is 5.97 Å². The van der Waals surface area contributed by atoms with Gasteiger partial charge in [-0.25, -0.2) is 4.98 Å². The minimum Gasteiger partial charge on any atom is -0.469 e. The van der Waals surface area contributed by atoms with E-state index in [2.05, 4.69) is 14.6 Å². The molecule has 1 aromatic heterocycles. The first kappa shape index (κ1) is 13.1. The van der Waals surface area contributed by atoms with E-state index in [0.29, 0.717) is 6.42 Å². The van der Waals surface area contributed by atoms with Gasteiger partial charge in [-0.3, -0.25) is 4.79 Å². The summed E-state index contributed by atoms with van der Waals surface area (Å²) in [7, 11) is 3.43. The Hall–Kier alpha value is -0.940. The van der Waals surface area contributed by atoms with Crippen LogP contribution in [-0.2, 0) is 16.0 Å². The van der Waals surface area contributed by atoms with Gasteiger partial charge in [0.05, 0.1) is 24.7 Å². The molecule has 1 rings (SSSR count). The van der Waals surface area contributed by atoms with Gasteiger partial charge in [0.1, 0.15) is 0 Å². The van der Waals surface area contributed by atoms with Gasteiger partial charge in [-0.05, 0) is 20.4 Å². The molecule has 0 unspecified atom stereocenters. The predicted octanol–water partition coefficient (Wildman–Crippen LogP) is 1.49. The van der Waals surface area contributed by atoms with Crippen LogP contribution in [0.1, 0.15) is 17.0 Å². The van der Waals surface area contributed by atoms with Crippen molar-refractivity contribution in [2.75, 3.05) is 27.2 Å². The Labute approximate surface area is 100 Å². The third kappa shape index (κ3) is 4.28. The van der Waals surface area contributed by atoms with Crippen molar-refractivity contribution in [3.63, 3.8) is 0 Å². The third-order valence-electron chi connectivity index (χ3n) is 2.49. The molecule has 0 aliphatic rings. The molecule has 0 N–H and O–H groups in total. The maximum absolute atomic E-state index is 10.9. The summed E-state index contributed by atoms with van der Waals surface area (Å²) in [6, 6.07) is 0. The van der Waals surface area contributed by atoms with Gasteiger partial charge in [0, 0.05) is 18.0 Å². The summed E-state index contributed by atoms with van der Waals surface area (Å²) in [6.07, 6.45) is 1.45. The van der Waals surface area contributed by atoms with Gasteiger partial charge in [0.25, 0.3) is 0 Å². The molecule has 16 heavy (non-hydrogen) atoms. The first-order chi connectivity index (χ1) is 7.63. The molecule has 0 radical (unpaired) electrons. The smallest absolute Gasteiger partial charge is 0.306 e. The monoisotopic (exact) mass is 242 g/mol. The van der Waals surface area contributed by atoms with E-state index < -0.39 is 0 Å². The summed E-state index contributed by atoms with van der Waals surface area (Å²) < 4.78 is 4.60. The fourth-order valence-electron chi connectivity index (χ4n) is 1.35. The molecule has 0 saturated heterocycles. The summed E-state index contributed by atoms with van der Waals surface area (Å²) in [5, 5.41) is 0. The third-order valence-corrected chi connectivity index (χ3v) is 3.49. The van der Waals surface area contributed by atoms with Gasteiger partial charge < -0.3 is 9.64 Å². The minimum absolute atomic E-state index is 0.152. The van der Waals surface area contributed by atoms with Crippen LogP contribution < -0.4 is 0 Å². The minimum atomic E-state index is -0.152. The fourth-order valence-corrected chi connectivity index (χ4v) is 2.13. The summed E-state index contributed by atoms with van der Waals surface area (Å²) in [5.74, 6) is -0.152. The molecule has 0 aliphatic heterocycles. The largest absolute Gasteiger partial charge is 0.469 e. The van der Waals surface area contributed by atoms with Crippen LogP contribution in [0.25, 0.3) is 0 Å². The van der Waals surface area contributed by atoms with Gasteiger partial charge in [0.15, 0.2) is 0 Å². The maximum Gasteiger partial charge on any atom is 0.306 e. The van der Waals surface area contributed by atoms with Crippen LogP contribution in [0.4, 0.5) is 0 Å². The highest BCUT2D eigenvalue weighted by molar-refractivity contribution is 7.09. The zero-order chi connectivity index (χ0) is 12.0. The topological polar surface area (TPSA) is 42.4 Å². The van der Waals surface area contributed by atoms with Gasteiger partial charge in [-0.15, -0.1) is 11.3 Å². The van der Waals surface area contributed by atoms with Crippen LogP contribution in [0.15, 0.2) is 5.51 Å². The van der Waals surface area contributed by atoms with Crippen molar-refractivity contribution >= 4 is 17.3 Å². The number of aryl methyl sites for hydroxylation is 1. The lowest BCUT2D eigenvalue weighted by atomic mass is 10.3. The van der Waals surface area contributed by atoms with E-state index in [0.717, 1.165) is 25.2 Å². The number of thiazole rings is 1. The number of hydrogen-bond acceptors (Lipinski definition) is 5. The normalized spacial score (nSPS) is 10.8. The molecule has 0 saturated carbocycles. The number of aromatic nitrogens is 1. The van der Waals surface area contributed by atoms with Crippen molar-refractivity contribution in [2.45, 2.75) is 19.8 Å². The summed E-state index contributed by atoms with van der Waals surface area (Å²) in [5.41, 5.74) is 2.99. The molecule has 0 aliphatic carbocycles. The quantitative estimate of drug-likeness (QED) is 0.709. The number of methoxy groups -OCH3 is 1. The Kier molecular flexibility index (Phi) is 5.42. The van der Waals surface area contributed by atoms with Gasteiger partial charge in [-0.1, -0.05) is 0 Å². The standard InChI is InChI=1S/C11H18N2O2S/c1-9-10(16-8-12-9)4-6-13(2)7-5-11(14)15-3/h8H,4-7H2,1-3H3. The lowest BCUT2D eigenvalue weighted by Gasteiger charge is -2.15. The Morgan fingerprint density at radius 2 is 2.31 bits per heavy atom. The molecular weight excluding hydrogens is 224 g/mol. The lowest BCUT2D eigenvalue weighted by molar-refractivity contribution is -0.140. The molecule has 0 fully saturated rings. The van der Waals surface area contributed by atoms with Crippen molar-refractivity contribution in [3.05, 3.63) is 16.1 Å². The number of hydrogen-bond donors (Lipinski definition) is 0. The van der Waals surface area contributed by atoms with Gasteiger partial charge in [-0.2, -0.15) is 0 Å². The molecule has 90 valence electrons. The number of rotatable bonds is 6. The van der Waals surface area contributed by atoms with E-state index in [4.69, 9.17) is 0 Å². The predicted molar refractivity (Wildman–Crippen MR) is 64.7 cm³/mol. The second kappa shape index (κ2) is 6.60. The molecule has 0 spiro atoms. The molecule has 0 bridgehead atoms. The molecule has 4 nitrogen and oxygen atoms in total. The molecule has 0 amide bonds. The molecule has 5 heteroatoms. The SMILES string of the molecule is COC(=O)CCN(C)CCc1scnc1C. The van der Waals surface area contributed by atoms with E-state index in [1.807, 2.05) is 19.5 Å². The molecule has 1 heterocycles. The number of esters is 1. The van der Waals surface area contributed by atoms with Crippen molar-refractivity contribution in [1.29, 1.82) is 0 Å². The fraction of sp³-hybridized carbons (Fsp3) is 0.636. The molecule has 0 aromatic carbocycles. The summed E-state index contributed by atoms with van der Waals surface area (Å²) in [4.78, 5) is 18.6. The number of ether oxygens (including phenoxy) is 1. The number of carbonyl (C=O) groups is 1. The van der Waals surface area contributed by atoms with Crippen LogP contribution in [0.2, 0.25) is 0 Å². The highest BCUT2D eigenvalue weighted by Crippen LogP contribution is 2.12. The highest BCUT2D eigenvalue weighted by atomic mass is 32.1. The second-order valence-corrected chi connectivity index (χ2v) is 4.68. The van der Waals surface area contributed by atoms with E-state index in [1.165, 1.54) is 12.0 Å². The Bertz CT molecular complexity index is 338. The lowest BCUT2D eigenvalue weighted by Crippen LogP contribution is -2.24. The first-order valence-corrected chi connectivity index (χ1v) is 6.15. The number of carbonyl (C=O) groups excluding carboxylic acids is 1. The van der Waals surface area contributed by atoms with Crippen LogP contribution in [0.3, 0.4) is 0 Å². The molecule has 0 atom stereocenters. The van der Waals surface area contributed by atoms with Crippen LogP contribution >= 0.6 is 11.3 Å².